The molecule has 0 aliphatic carbocycles. The van der Waals surface area contributed by atoms with Crippen LogP contribution in [0.25, 0.3) is 10.9 Å². The Labute approximate surface area is 190 Å². The largest absolute Gasteiger partial charge is 0.494 e. The van der Waals surface area contributed by atoms with Gasteiger partial charge in [0.25, 0.3) is 0 Å². The minimum absolute atomic E-state index is 0.783. The predicted molar refractivity (Wildman–Crippen MR) is 131 cm³/mol. The zero-order valence-electron chi connectivity index (χ0n) is 18.5. The van der Waals surface area contributed by atoms with Gasteiger partial charge in [0.1, 0.15) is 5.75 Å². The summed E-state index contributed by atoms with van der Waals surface area (Å²) in [6, 6.07) is 19.2. The molecule has 0 spiro atoms. The second-order valence-electron chi connectivity index (χ2n) is 8.24. The Morgan fingerprint density at radius 3 is 2.55 bits per heavy atom. The van der Waals surface area contributed by atoms with Crippen molar-refractivity contribution in [2.75, 3.05) is 52.9 Å². The molecule has 2 aromatic carbocycles. The molecule has 166 valence electrons. The van der Waals surface area contributed by atoms with E-state index < -0.39 is 0 Å². The molecule has 1 fully saturated rings. The summed E-state index contributed by atoms with van der Waals surface area (Å²) >= 11 is 1.69. The first-order chi connectivity index (χ1) is 15.3. The van der Waals surface area contributed by atoms with E-state index in [2.05, 4.69) is 86.9 Å². The van der Waals surface area contributed by atoms with E-state index in [1.807, 2.05) is 0 Å². The summed E-state index contributed by atoms with van der Waals surface area (Å²) in [6.07, 6.45) is 4.36. The van der Waals surface area contributed by atoms with Crippen LogP contribution in [0.5, 0.6) is 5.75 Å². The number of para-hydroxylation sites is 1. The first kappa shape index (κ1) is 22.2. The molecule has 6 heteroatoms. The number of hydrogen-bond donors (Lipinski definition) is 1. The smallest absolute Gasteiger partial charge is 0.119 e. The lowest BCUT2D eigenvalue weighted by Gasteiger charge is -2.32. The van der Waals surface area contributed by atoms with Crippen LogP contribution in [-0.4, -0.2) is 67.3 Å². The van der Waals surface area contributed by atoms with Gasteiger partial charge in [0, 0.05) is 62.4 Å². The first-order valence-corrected chi connectivity index (χ1v) is 12.2. The summed E-state index contributed by atoms with van der Waals surface area (Å²) in [5, 5.41) is 1.31. The molecule has 0 bridgehead atoms. The summed E-state index contributed by atoms with van der Waals surface area (Å²) < 4.78 is 11.7. The standard InChI is InChI=1S/C25H34N4OS/c1-27-17-19-28(20-18-27)14-5-21-30-23-8-10-24(11-9-23)31-26-13-4-15-29-16-12-22-6-2-3-7-25(22)29/h2-3,6-12,16,26H,4-5,13-15,17-21H2,1H3. The van der Waals surface area contributed by atoms with E-state index in [1.54, 1.807) is 11.9 Å². The van der Waals surface area contributed by atoms with Crippen LogP contribution in [0, 0.1) is 0 Å². The van der Waals surface area contributed by atoms with Gasteiger partial charge in [-0.2, -0.15) is 0 Å². The van der Waals surface area contributed by atoms with Crippen LogP contribution in [0.1, 0.15) is 12.8 Å². The van der Waals surface area contributed by atoms with Crippen LogP contribution in [0.15, 0.2) is 65.7 Å². The van der Waals surface area contributed by atoms with Gasteiger partial charge in [-0.1, -0.05) is 18.2 Å². The van der Waals surface area contributed by atoms with Gasteiger partial charge >= 0.3 is 0 Å². The average Bonchev–Trinajstić information content (AvgIpc) is 3.22. The van der Waals surface area contributed by atoms with Crippen LogP contribution >= 0.6 is 11.9 Å². The van der Waals surface area contributed by atoms with E-state index in [4.69, 9.17) is 4.74 Å². The molecule has 0 amide bonds. The quantitative estimate of drug-likeness (QED) is 0.356. The van der Waals surface area contributed by atoms with E-state index >= 15 is 0 Å². The lowest BCUT2D eigenvalue weighted by atomic mass is 10.2. The Hall–Kier alpha value is -1.99. The van der Waals surface area contributed by atoms with Crippen molar-refractivity contribution in [3.8, 4) is 5.75 Å². The van der Waals surface area contributed by atoms with Crippen molar-refractivity contribution in [3.63, 3.8) is 0 Å². The summed E-state index contributed by atoms with van der Waals surface area (Å²) in [4.78, 5) is 6.15. The van der Waals surface area contributed by atoms with E-state index in [0.29, 0.717) is 0 Å². The maximum absolute atomic E-state index is 5.92. The van der Waals surface area contributed by atoms with Gasteiger partial charge in [0.05, 0.1) is 6.61 Å². The number of rotatable bonds is 11. The lowest BCUT2D eigenvalue weighted by molar-refractivity contribution is 0.145. The second-order valence-corrected chi connectivity index (χ2v) is 9.20. The highest BCUT2D eigenvalue weighted by molar-refractivity contribution is 7.97. The zero-order valence-corrected chi connectivity index (χ0v) is 19.3. The number of aryl methyl sites for hydroxylation is 1. The number of nitrogens with one attached hydrogen (secondary N) is 1. The molecule has 1 saturated heterocycles. The van der Waals surface area contributed by atoms with Gasteiger partial charge in [0.2, 0.25) is 0 Å². The number of fused-ring (bicyclic) bond motifs is 1. The van der Waals surface area contributed by atoms with E-state index in [-0.39, 0.29) is 0 Å². The lowest BCUT2D eigenvalue weighted by Crippen LogP contribution is -2.44. The van der Waals surface area contributed by atoms with Gasteiger partial charge < -0.3 is 19.1 Å². The summed E-state index contributed by atoms with van der Waals surface area (Å²) in [5.41, 5.74) is 1.31. The topological polar surface area (TPSA) is 32.7 Å². The average molecular weight is 439 g/mol. The number of ether oxygens (including phenoxy) is 1. The Balaban J connectivity index is 1.08. The van der Waals surface area contributed by atoms with E-state index in [1.165, 1.54) is 42.0 Å². The van der Waals surface area contributed by atoms with Gasteiger partial charge in [-0.05, 0) is 73.6 Å². The maximum atomic E-state index is 5.92. The molecular formula is C25H34N4OS. The summed E-state index contributed by atoms with van der Waals surface area (Å²) in [7, 11) is 2.20. The van der Waals surface area contributed by atoms with Crippen LogP contribution in [0.4, 0.5) is 0 Å². The number of hydrogen-bond acceptors (Lipinski definition) is 5. The Bertz CT molecular complexity index is 919. The van der Waals surface area contributed by atoms with Crippen LogP contribution < -0.4 is 9.46 Å². The third-order valence-electron chi connectivity index (χ3n) is 5.86. The maximum Gasteiger partial charge on any atom is 0.119 e. The molecule has 4 rings (SSSR count). The molecule has 2 heterocycles. The monoisotopic (exact) mass is 438 g/mol. The van der Waals surface area contributed by atoms with Crippen molar-refractivity contribution in [2.24, 2.45) is 0 Å². The number of piperazine rings is 1. The van der Waals surface area contributed by atoms with Crippen molar-refractivity contribution in [1.82, 2.24) is 19.1 Å². The van der Waals surface area contributed by atoms with Crippen molar-refractivity contribution in [3.05, 3.63) is 60.8 Å². The Kier molecular flexibility index (Phi) is 8.30. The molecule has 0 saturated carbocycles. The van der Waals surface area contributed by atoms with Crippen LogP contribution in [0.2, 0.25) is 0 Å². The number of aromatic nitrogens is 1. The first-order valence-electron chi connectivity index (χ1n) is 11.4. The Morgan fingerprint density at radius 1 is 0.903 bits per heavy atom. The highest BCUT2D eigenvalue weighted by Crippen LogP contribution is 2.20. The number of benzene rings is 2. The minimum atomic E-state index is 0.783. The van der Waals surface area contributed by atoms with Crippen LogP contribution in [-0.2, 0) is 6.54 Å². The molecular weight excluding hydrogens is 404 g/mol. The molecule has 1 aliphatic heterocycles. The normalized spacial score (nSPS) is 15.5. The summed E-state index contributed by atoms with van der Waals surface area (Å²) in [5.74, 6) is 0.960. The highest BCUT2D eigenvalue weighted by atomic mass is 32.2. The fourth-order valence-corrected chi connectivity index (χ4v) is 4.63. The molecule has 0 atom stereocenters. The second kappa shape index (κ2) is 11.6. The van der Waals surface area contributed by atoms with Crippen molar-refractivity contribution >= 4 is 22.9 Å². The van der Waals surface area contributed by atoms with Crippen molar-refractivity contribution in [1.29, 1.82) is 0 Å². The molecule has 3 aromatic rings. The molecule has 1 N–H and O–H groups in total. The number of nitrogens with zero attached hydrogens (tertiary/aromatic N) is 3. The predicted octanol–water partition coefficient (Wildman–Crippen LogP) is 4.34. The number of likely N-dealkylation sites (N-methyl/N-ethyl adjacent to an activating group) is 1. The molecule has 0 radical (unpaired) electrons. The SMILES string of the molecule is CN1CCN(CCCOc2ccc(SNCCCn3ccc4ccccc43)cc2)CC1. The van der Waals surface area contributed by atoms with Crippen LogP contribution in [0.3, 0.4) is 0 Å². The van der Waals surface area contributed by atoms with E-state index in [9.17, 15) is 0 Å². The highest BCUT2D eigenvalue weighted by Gasteiger charge is 2.12. The molecule has 1 aliphatic rings. The Morgan fingerprint density at radius 2 is 1.71 bits per heavy atom. The fraction of sp³-hybridized carbons (Fsp3) is 0.440. The third-order valence-corrected chi connectivity index (χ3v) is 6.71. The molecule has 1 aromatic heterocycles. The van der Waals surface area contributed by atoms with Crippen molar-refractivity contribution in [2.45, 2.75) is 24.3 Å². The third kappa shape index (κ3) is 6.74. The van der Waals surface area contributed by atoms with Gasteiger partial charge in [0.15, 0.2) is 0 Å². The minimum Gasteiger partial charge on any atom is -0.494 e. The molecule has 31 heavy (non-hydrogen) atoms. The van der Waals surface area contributed by atoms with E-state index in [0.717, 1.165) is 44.8 Å². The summed E-state index contributed by atoms with van der Waals surface area (Å²) in [6.45, 7) is 8.63. The van der Waals surface area contributed by atoms with Gasteiger partial charge in [-0.3, -0.25) is 4.72 Å². The van der Waals surface area contributed by atoms with Crippen molar-refractivity contribution < 1.29 is 4.74 Å². The molecule has 5 nitrogen and oxygen atoms in total. The van der Waals surface area contributed by atoms with Gasteiger partial charge in [-0.15, -0.1) is 0 Å². The molecule has 0 unspecified atom stereocenters. The zero-order chi connectivity index (χ0) is 21.3. The fourth-order valence-electron chi connectivity index (χ4n) is 3.95. The van der Waals surface area contributed by atoms with Gasteiger partial charge in [-0.25, -0.2) is 0 Å².